The number of nitrogens with one attached hydrogen (secondary N) is 3. The molecule has 0 aliphatic carbocycles. The summed E-state index contributed by atoms with van der Waals surface area (Å²) in [5.41, 5.74) is 6.08. The van der Waals surface area contributed by atoms with Crippen molar-refractivity contribution in [2.45, 2.75) is 19.3 Å². The Labute approximate surface area is 256 Å². The maximum Gasteiger partial charge on any atom is 0.257 e. The lowest BCUT2D eigenvalue weighted by Gasteiger charge is -2.29. The molecule has 0 saturated carbocycles. The molecule has 0 atom stereocenters. The summed E-state index contributed by atoms with van der Waals surface area (Å²) >= 11 is 6.21. The molecule has 0 radical (unpaired) electrons. The normalized spacial score (nSPS) is 14.5. The van der Waals surface area contributed by atoms with Crippen LogP contribution in [0.2, 0.25) is 5.02 Å². The molecule has 6 rings (SSSR count). The molecule has 4 aromatic carbocycles. The van der Waals surface area contributed by atoms with Crippen molar-refractivity contribution in [3.8, 4) is 16.9 Å². The van der Waals surface area contributed by atoms with Crippen LogP contribution in [-0.4, -0.2) is 45.2 Å². The smallest absolute Gasteiger partial charge is 0.257 e. The molecule has 0 aromatic heterocycles. The number of fused-ring (bicyclic) bond motifs is 2. The van der Waals surface area contributed by atoms with Crippen LogP contribution >= 0.6 is 11.6 Å². The van der Waals surface area contributed by atoms with Gasteiger partial charge in [-0.15, -0.1) is 0 Å². The number of carbonyl (C=O) groups excluding carboxylic acids is 2. The van der Waals surface area contributed by atoms with Gasteiger partial charge in [-0.25, -0.2) is 0 Å². The van der Waals surface area contributed by atoms with Gasteiger partial charge in [0.1, 0.15) is 5.75 Å². The first-order valence-corrected chi connectivity index (χ1v) is 14.6. The second kappa shape index (κ2) is 11.6. The predicted octanol–water partition coefficient (Wildman–Crippen LogP) is 7.08. The maximum atomic E-state index is 13.5. The van der Waals surface area contributed by atoms with E-state index < -0.39 is 5.41 Å². The number of benzene rings is 4. The van der Waals surface area contributed by atoms with Gasteiger partial charge in [0.15, 0.2) is 0 Å². The highest BCUT2D eigenvalue weighted by molar-refractivity contribution is 6.32. The molecule has 220 valence electrons. The van der Waals surface area contributed by atoms with Gasteiger partial charge in [-0.05, 0) is 91.2 Å². The van der Waals surface area contributed by atoms with Gasteiger partial charge in [0, 0.05) is 24.5 Å². The number of amides is 2. The molecule has 1 saturated heterocycles. The number of morpholine rings is 1. The molecule has 2 amide bonds. The van der Waals surface area contributed by atoms with Gasteiger partial charge in [-0.1, -0.05) is 29.8 Å². The average Bonchev–Trinajstić information content (AvgIpc) is 3.16. The summed E-state index contributed by atoms with van der Waals surface area (Å²) < 4.78 is 10.8. The average molecular weight is 597 g/mol. The van der Waals surface area contributed by atoms with Crippen LogP contribution in [0, 0.1) is 0 Å². The van der Waals surface area contributed by atoms with Crippen molar-refractivity contribution in [1.82, 2.24) is 0 Å². The van der Waals surface area contributed by atoms with Crippen LogP contribution < -0.4 is 25.6 Å². The topological polar surface area (TPSA) is 91.9 Å². The second-order valence-corrected chi connectivity index (χ2v) is 11.6. The van der Waals surface area contributed by atoms with E-state index in [-0.39, 0.29) is 11.8 Å². The zero-order valence-electron chi connectivity index (χ0n) is 24.3. The highest BCUT2D eigenvalue weighted by Gasteiger charge is 2.31. The minimum atomic E-state index is -0.872. The van der Waals surface area contributed by atoms with Crippen molar-refractivity contribution in [2.75, 3.05) is 54.3 Å². The predicted molar refractivity (Wildman–Crippen MR) is 172 cm³/mol. The number of methoxy groups -OCH3 is 1. The van der Waals surface area contributed by atoms with Crippen LogP contribution in [0.1, 0.15) is 29.8 Å². The Morgan fingerprint density at radius 1 is 0.884 bits per heavy atom. The molecule has 0 bridgehead atoms. The van der Waals surface area contributed by atoms with E-state index in [4.69, 9.17) is 21.1 Å². The number of halogens is 1. The number of rotatable bonds is 6. The van der Waals surface area contributed by atoms with E-state index >= 15 is 0 Å². The molecule has 43 heavy (non-hydrogen) atoms. The number of anilines is 5. The third-order valence-corrected chi connectivity index (χ3v) is 8.39. The van der Waals surface area contributed by atoms with E-state index in [2.05, 4.69) is 20.9 Å². The van der Waals surface area contributed by atoms with E-state index in [1.54, 1.807) is 19.2 Å². The summed E-state index contributed by atoms with van der Waals surface area (Å²) in [5.74, 6) is 0.196. The summed E-state index contributed by atoms with van der Waals surface area (Å²) in [4.78, 5) is 29.0. The van der Waals surface area contributed by atoms with Crippen LogP contribution in [0.15, 0.2) is 78.9 Å². The molecule has 1 fully saturated rings. The first kappa shape index (κ1) is 28.6. The van der Waals surface area contributed by atoms with Crippen molar-refractivity contribution in [2.24, 2.45) is 0 Å². The largest absolute Gasteiger partial charge is 0.495 e. The van der Waals surface area contributed by atoms with Crippen molar-refractivity contribution in [3.63, 3.8) is 0 Å². The molecule has 2 aliphatic heterocycles. The lowest BCUT2D eigenvalue weighted by Crippen LogP contribution is -2.36. The third-order valence-electron chi connectivity index (χ3n) is 8.08. The van der Waals surface area contributed by atoms with Crippen LogP contribution in [-0.2, 0) is 14.9 Å². The standard InChI is InChI=1S/C34H33ClN4O4/c1-34(2,33(41)36-24-7-9-25(10-8-24)39-14-16-43-17-15-39)23-6-13-28-30(20-23)38-32(40)26-11-4-21(18-29(26)37-28)22-5-12-27(35)31(19-22)42-3/h4-13,18-20,37H,14-17H2,1-3H3,(H,36,41)(H,38,40). The fourth-order valence-electron chi connectivity index (χ4n) is 5.34. The molecule has 0 spiro atoms. The highest BCUT2D eigenvalue weighted by atomic mass is 35.5. The number of hydrogen-bond donors (Lipinski definition) is 3. The lowest BCUT2D eigenvalue weighted by atomic mass is 9.83. The summed E-state index contributed by atoms with van der Waals surface area (Å²) in [5, 5.41) is 10.0. The molecule has 4 aromatic rings. The lowest BCUT2D eigenvalue weighted by molar-refractivity contribution is -0.120. The monoisotopic (exact) mass is 596 g/mol. The third kappa shape index (κ3) is 5.76. The zero-order valence-corrected chi connectivity index (χ0v) is 25.0. The summed E-state index contributed by atoms with van der Waals surface area (Å²) in [6.07, 6.45) is 0. The molecule has 2 heterocycles. The molecule has 9 heteroatoms. The van der Waals surface area contributed by atoms with Crippen molar-refractivity contribution < 1.29 is 19.1 Å². The molecular weight excluding hydrogens is 564 g/mol. The van der Waals surface area contributed by atoms with E-state index in [1.165, 1.54) is 0 Å². The van der Waals surface area contributed by atoms with Crippen LogP contribution in [0.5, 0.6) is 5.75 Å². The van der Waals surface area contributed by atoms with Gasteiger partial charge in [0.05, 0.1) is 53.4 Å². The Morgan fingerprint density at radius 3 is 2.35 bits per heavy atom. The Balaban J connectivity index is 1.21. The molecule has 2 aliphatic rings. The first-order valence-electron chi connectivity index (χ1n) is 14.2. The van der Waals surface area contributed by atoms with Gasteiger partial charge >= 0.3 is 0 Å². The molecular formula is C34H33ClN4O4. The Kier molecular flexibility index (Phi) is 7.73. The van der Waals surface area contributed by atoms with Crippen LogP contribution in [0.25, 0.3) is 11.1 Å². The Bertz CT molecular complexity index is 1700. The fraction of sp³-hybridized carbons (Fsp3) is 0.235. The molecule has 0 unspecified atom stereocenters. The van der Waals surface area contributed by atoms with E-state index in [0.29, 0.717) is 27.7 Å². The second-order valence-electron chi connectivity index (χ2n) is 11.2. The van der Waals surface area contributed by atoms with Crippen molar-refractivity contribution >= 4 is 51.9 Å². The summed E-state index contributed by atoms with van der Waals surface area (Å²) in [6.45, 7) is 6.89. The zero-order chi connectivity index (χ0) is 30.1. The first-order chi connectivity index (χ1) is 20.7. The number of nitrogens with zero attached hydrogens (tertiary/aromatic N) is 1. The maximum absolute atomic E-state index is 13.5. The van der Waals surface area contributed by atoms with E-state index in [1.807, 2.05) is 80.6 Å². The summed E-state index contributed by atoms with van der Waals surface area (Å²) in [7, 11) is 1.58. The van der Waals surface area contributed by atoms with Crippen molar-refractivity contribution in [3.05, 3.63) is 95.0 Å². The fourth-order valence-corrected chi connectivity index (χ4v) is 5.54. The van der Waals surface area contributed by atoms with Gasteiger partial charge < -0.3 is 30.3 Å². The highest BCUT2D eigenvalue weighted by Crippen LogP contribution is 2.38. The van der Waals surface area contributed by atoms with Gasteiger partial charge in [0.25, 0.3) is 5.91 Å². The van der Waals surface area contributed by atoms with E-state index in [0.717, 1.165) is 60.1 Å². The van der Waals surface area contributed by atoms with Crippen molar-refractivity contribution in [1.29, 1.82) is 0 Å². The van der Waals surface area contributed by atoms with Gasteiger partial charge in [-0.2, -0.15) is 0 Å². The number of carbonyl (C=O) groups is 2. The Morgan fingerprint density at radius 2 is 1.60 bits per heavy atom. The molecule has 8 nitrogen and oxygen atoms in total. The van der Waals surface area contributed by atoms with Gasteiger partial charge in [0.2, 0.25) is 5.91 Å². The minimum absolute atomic E-state index is 0.147. The van der Waals surface area contributed by atoms with Crippen LogP contribution in [0.3, 0.4) is 0 Å². The van der Waals surface area contributed by atoms with Crippen LogP contribution in [0.4, 0.5) is 28.4 Å². The Hall–Kier alpha value is -4.53. The molecule has 3 N–H and O–H groups in total. The minimum Gasteiger partial charge on any atom is -0.495 e. The number of hydrogen-bond acceptors (Lipinski definition) is 6. The quantitative estimate of drug-likeness (QED) is 0.220. The number of ether oxygens (including phenoxy) is 2. The summed E-state index contributed by atoms with van der Waals surface area (Å²) in [6, 6.07) is 24.7. The SMILES string of the molecule is COc1cc(-c2ccc3c(c2)Nc2ccc(C(C)(C)C(=O)Nc4ccc(N5CCOCC5)cc4)cc2NC3=O)ccc1Cl. The van der Waals surface area contributed by atoms with Gasteiger partial charge in [-0.3, -0.25) is 9.59 Å². The van der Waals surface area contributed by atoms with E-state index in [9.17, 15) is 9.59 Å².